The third kappa shape index (κ3) is 4.31. The molecule has 0 bridgehead atoms. The predicted molar refractivity (Wildman–Crippen MR) is 64.9 cm³/mol. The van der Waals surface area contributed by atoms with Crippen molar-refractivity contribution < 1.29 is 18.3 Å². The van der Waals surface area contributed by atoms with Gasteiger partial charge in [-0.1, -0.05) is 19.9 Å². The molecule has 0 heterocycles. The summed E-state index contributed by atoms with van der Waals surface area (Å²) in [5.41, 5.74) is 0.344. The highest BCUT2D eigenvalue weighted by Gasteiger charge is 2.14. The van der Waals surface area contributed by atoms with Crippen molar-refractivity contribution in [2.24, 2.45) is 5.92 Å². The summed E-state index contributed by atoms with van der Waals surface area (Å²) in [5, 5.41) is 0. The molecule has 0 fully saturated rings. The molecule has 1 rings (SSSR count). The van der Waals surface area contributed by atoms with Gasteiger partial charge in [0, 0.05) is 19.2 Å². The van der Waals surface area contributed by atoms with Crippen LogP contribution in [-0.4, -0.2) is 31.0 Å². The maximum atomic E-state index is 12.1. The normalized spacial score (nSPS) is 10.8. The van der Waals surface area contributed by atoms with Crippen molar-refractivity contribution in [3.05, 3.63) is 29.8 Å². The molecule has 5 heteroatoms. The monoisotopic (exact) mass is 257 g/mol. The molecular formula is C13H17F2NO2. The van der Waals surface area contributed by atoms with E-state index in [1.165, 1.54) is 18.2 Å². The van der Waals surface area contributed by atoms with E-state index in [9.17, 15) is 13.6 Å². The number of ether oxygens (including phenoxy) is 1. The van der Waals surface area contributed by atoms with Crippen LogP contribution < -0.4 is 4.74 Å². The Balaban J connectivity index is 2.79. The molecule has 0 saturated heterocycles. The van der Waals surface area contributed by atoms with E-state index in [-0.39, 0.29) is 11.7 Å². The lowest BCUT2D eigenvalue weighted by Crippen LogP contribution is -2.30. The minimum Gasteiger partial charge on any atom is -0.435 e. The second-order valence-corrected chi connectivity index (χ2v) is 4.49. The predicted octanol–water partition coefficient (Wildman–Crippen LogP) is 3.02. The molecule has 1 amide bonds. The molecular weight excluding hydrogens is 240 g/mol. The largest absolute Gasteiger partial charge is 0.435 e. The minimum atomic E-state index is -2.89. The van der Waals surface area contributed by atoms with E-state index in [1.54, 1.807) is 18.0 Å². The third-order valence-electron chi connectivity index (χ3n) is 2.29. The van der Waals surface area contributed by atoms with Crippen molar-refractivity contribution in [1.82, 2.24) is 4.90 Å². The summed E-state index contributed by atoms with van der Waals surface area (Å²) in [6.07, 6.45) is 0. The number of nitrogens with zero attached hydrogens (tertiary/aromatic N) is 1. The molecule has 0 radical (unpaired) electrons. The fourth-order valence-electron chi connectivity index (χ4n) is 1.66. The molecule has 0 aromatic heterocycles. The first-order chi connectivity index (χ1) is 8.40. The van der Waals surface area contributed by atoms with Crippen LogP contribution >= 0.6 is 0 Å². The fourth-order valence-corrected chi connectivity index (χ4v) is 1.66. The number of halogens is 2. The number of rotatable bonds is 5. The molecule has 1 aromatic rings. The average Bonchev–Trinajstić information content (AvgIpc) is 2.26. The van der Waals surface area contributed by atoms with Gasteiger partial charge in [-0.3, -0.25) is 4.79 Å². The van der Waals surface area contributed by atoms with Crippen molar-refractivity contribution >= 4 is 5.91 Å². The molecule has 18 heavy (non-hydrogen) atoms. The van der Waals surface area contributed by atoms with Gasteiger partial charge in [0.25, 0.3) is 5.91 Å². The van der Waals surface area contributed by atoms with Crippen LogP contribution in [0.3, 0.4) is 0 Å². The van der Waals surface area contributed by atoms with Gasteiger partial charge < -0.3 is 9.64 Å². The summed E-state index contributed by atoms with van der Waals surface area (Å²) in [4.78, 5) is 13.6. The smallest absolute Gasteiger partial charge is 0.387 e. The van der Waals surface area contributed by atoms with Gasteiger partial charge in [-0.15, -0.1) is 0 Å². The van der Waals surface area contributed by atoms with E-state index in [0.717, 1.165) is 0 Å². The SMILES string of the molecule is CC(C)CN(C)C(=O)c1cccc(OC(F)F)c1. The van der Waals surface area contributed by atoms with Crippen molar-refractivity contribution in [1.29, 1.82) is 0 Å². The van der Waals surface area contributed by atoms with E-state index in [2.05, 4.69) is 4.74 Å². The summed E-state index contributed by atoms with van der Waals surface area (Å²) in [6.45, 7) is 1.72. The van der Waals surface area contributed by atoms with Gasteiger partial charge in [-0.05, 0) is 24.1 Å². The number of benzene rings is 1. The van der Waals surface area contributed by atoms with Gasteiger partial charge in [-0.2, -0.15) is 8.78 Å². The Hall–Kier alpha value is -1.65. The zero-order chi connectivity index (χ0) is 13.7. The second-order valence-electron chi connectivity index (χ2n) is 4.49. The quantitative estimate of drug-likeness (QED) is 0.811. The Kier molecular flexibility index (Phi) is 5.07. The molecule has 0 aliphatic carbocycles. The molecule has 0 unspecified atom stereocenters. The first-order valence-corrected chi connectivity index (χ1v) is 5.70. The Morgan fingerprint density at radius 2 is 2.06 bits per heavy atom. The second kappa shape index (κ2) is 6.33. The zero-order valence-electron chi connectivity index (χ0n) is 10.7. The Labute approximate surface area is 105 Å². The zero-order valence-corrected chi connectivity index (χ0v) is 10.7. The number of carbonyl (C=O) groups is 1. The van der Waals surface area contributed by atoms with Crippen LogP contribution in [-0.2, 0) is 0 Å². The standard InChI is InChI=1S/C13H17F2NO2/c1-9(2)8-16(3)12(17)10-5-4-6-11(7-10)18-13(14)15/h4-7,9,13H,8H2,1-3H3. The van der Waals surface area contributed by atoms with Crippen LogP contribution in [0.4, 0.5) is 8.78 Å². The van der Waals surface area contributed by atoms with Crippen molar-refractivity contribution in [2.45, 2.75) is 20.5 Å². The minimum absolute atomic E-state index is 0.00574. The van der Waals surface area contributed by atoms with E-state index >= 15 is 0 Å². The van der Waals surface area contributed by atoms with Crippen LogP contribution in [0.25, 0.3) is 0 Å². The Bertz CT molecular complexity index is 408. The van der Waals surface area contributed by atoms with Gasteiger partial charge in [0.05, 0.1) is 0 Å². The van der Waals surface area contributed by atoms with Crippen LogP contribution in [0, 0.1) is 5.92 Å². The van der Waals surface area contributed by atoms with E-state index < -0.39 is 6.61 Å². The van der Waals surface area contributed by atoms with E-state index in [0.29, 0.717) is 18.0 Å². The molecule has 0 spiro atoms. The lowest BCUT2D eigenvalue weighted by Gasteiger charge is -2.19. The summed E-state index contributed by atoms with van der Waals surface area (Å²) in [7, 11) is 1.68. The molecule has 3 nitrogen and oxygen atoms in total. The number of hydrogen-bond donors (Lipinski definition) is 0. The third-order valence-corrected chi connectivity index (χ3v) is 2.29. The van der Waals surface area contributed by atoms with E-state index in [4.69, 9.17) is 0 Å². The van der Waals surface area contributed by atoms with Gasteiger partial charge in [0.15, 0.2) is 0 Å². The number of alkyl halides is 2. The van der Waals surface area contributed by atoms with Gasteiger partial charge >= 0.3 is 6.61 Å². The Morgan fingerprint density at radius 1 is 1.39 bits per heavy atom. The Morgan fingerprint density at radius 3 is 2.61 bits per heavy atom. The molecule has 0 aliphatic heterocycles. The summed E-state index contributed by atoms with van der Waals surface area (Å²) in [6, 6.07) is 5.82. The topological polar surface area (TPSA) is 29.5 Å². The summed E-state index contributed by atoms with van der Waals surface area (Å²) in [5.74, 6) is 0.136. The van der Waals surface area contributed by atoms with Crippen molar-refractivity contribution in [3.63, 3.8) is 0 Å². The van der Waals surface area contributed by atoms with Gasteiger partial charge in [0.2, 0.25) is 0 Å². The van der Waals surface area contributed by atoms with E-state index in [1.807, 2.05) is 13.8 Å². The number of carbonyl (C=O) groups excluding carboxylic acids is 1. The first-order valence-electron chi connectivity index (χ1n) is 5.70. The number of amides is 1. The molecule has 0 atom stereocenters. The molecule has 1 aromatic carbocycles. The maximum Gasteiger partial charge on any atom is 0.387 e. The average molecular weight is 257 g/mol. The van der Waals surface area contributed by atoms with Crippen LogP contribution in [0.5, 0.6) is 5.75 Å². The maximum absolute atomic E-state index is 12.1. The van der Waals surface area contributed by atoms with Crippen LogP contribution in [0.1, 0.15) is 24.2 Å². The summed E-state index contributed by atoms with van der Waals surface area (Å²) >= 11 is 0. The summed E-state index contributed by atoms with van der Waals surface area (Å²) < 4.78 is 28.4. The number of hydrogen-bond acceptors (Lipinski definition) is 2. The van der Waals surface area contributed by atoms with Crippen LogP contribution in [0.15, 0.2) is 24.3 Å². The van der Waals surface area contributed by atoms with Crippen molar-refractivity contribution in [2.75, 3.05) is 13.6 Å². The molecule has 0 aliphatic rings. The van der Waals surface area contributed by atoms with Gasteiger partial charge in [-0.25, -0.2) is 0 Å². The lowest BCUT2D eigenvalue weighted by atomic mass is 10.1. The molecule has 0 N–H and O–H groups in total. The fraction of sp³-hybridized carbons (Fsp3) is 0.462. The van der Waals surface area contributed by atoms with Crippen molar-refractivity contribution in [3.8, 4) is 5.75 Å². The van der Waals surface area contributed by atoms with Gasteiger partial charge in [0.1, 0.15) is 5.75 Å². The lowest BCUT2D eigenvalue weighted by molar-refractivity contribution is -0.0499. The first kappa shape index (κ1) is 14.4. The molecule has 100 valence electrons. The highest BCUT2D eigenvalue weighted by Crippen LogP contribution is 2.17. The highest BCUT2D eigenvalue weighted by atomic mass is 19.3. The highest BCUT2D eigenvalue weighted by molar-refractivity contribution is 5.94. The molecule has 0 saturated carbocycles. The van der Waals surface area contributed by atoms with Crippen LogP contribution in [0.2, 0.25) is 0 Å².